The Kier molecular flexibility index (Phi) is 2.47. The molecule has 0 saturated carbocycles. The number of allylic oxidation sites excluding steroid dienone is 2. The van der Waals surface area contributed by atoms with Crippen molar-refractivity contribution >= 4 is 5.78 Å². The Balaban J connectivity index is 2.64. The molecule has 0 N–H and O–H groups in total. The molecule has 11 heavy (non-hydrogen) atoms. The first-order valence-electron chi connectivity index (χ1n) is 3.71. The number of ketones is 1. The summed E-state index contributed by atoms with van der Waals surface area (Å²) in [5.74, 6) is 0.141. The van der Waals surface area contributed by atoms with Crippen molar-refractivity contribution in [2.45, 2.75) is 26.4 Å². The molecule has 0 aromatic rings. The second-order valence-electron chi connectivity index (χ2n) is 2.63. The monoisotopic (exact) mass is 152 g/mol. The molecule has 0 amide bonds. The summed E-state index contributed by atoms with van der Waals surface area (Å²) in [7, 11) is 0. The predicted octanol–water partition coefficient (Wildman–Crippen LogP) is 1.82. The fraction of sp³-hybridized carbons (Fsp3) is 0.444. The van der Waals surface area contributed by atoms with Gasteiger partial charge in [0.05, 0.1) is 12.7 Å². The molecular formula is C9H12O2. The summed E-state index contributed by atoms with van der Waals surface area (Å²) in [4.78, 5) is 10.9. The minimum atomic E-state index is -0.0301. The van der Waals surface area contributed by atoms with Crippen LogP contribution in [0.4, 0.5) is 0 Å². The Morgan fingerprint density at radius 1 is 1.82 bits per heavy atom. The molecule has 60 valence electrons. The van der Waals surface area contributed by atoms with E-state index in [0.717, 1.165) is 5.57 Å². The van der Waals surface area contributed by atoms with E-state index in [9.17, 15) is 4.79 Å². The van der Waals surface area contributed by atoms with Crippen LogP contribution >= 0.6 is 0 Å². The molecule has 0 saturated heterocycles. The van der Waals surface area contributed by atoms with Crippen molar-refractivity contribution in [3.63, 3.8) is 0 Å². The van der Waals surface area contributed by atoms with Gasteiger partial charge in [0.2, 0.25) is 0 Å². The van der Waals surface area contributed by atoms with E-state index in [-0.39, 0.29) is 11.9 Å². The summed E-state index contributed by atoms with van der Waals surface area (Å²) in [5.41, 5.74) is 1.11. The molecule has 1 aliphatic heterocycles. The normalized spacial score (nSPS) is 25.1. The fourth-order valence-corrected chi connectivity index (χ4v) is 0.963. The van der Waals surface area contributed by atoms with Gasteiger partial charge in [-0.3, -0.25) is 4.79 Å². The van der Waals surface area contributed by atoms with E-state index < -0.39 is 0 Å². The van der Waals surface area contributed by atoms with Crippen LogP contribution in [0.2, 0.25) is 0 Å². The zero-order chi connectivity index (χ0) is 8.27. The number of hydrogen-bond donors (Lipinski definition) is 0. The van der Waals surface area contributed by atoms with Crippen LogP contribution in [0.15, 0.2) is 24.0 Å². The van der Waals surface area contributed by atoms with Gasteiger partial charge in [-0.2, -0.15) is 0 Å². The quantitative estimate of drug-likeness (QED) is 0.536. The first-order chi connectivity index (χ1) is 5.24. The minimum Gasteiger partial charge on any atom is -0.493 e. The van der Waals surface area contributed by atoms with E-state index in [1.54, 1.807) is 0 Å². The average molecular weight is 152 g/mol. The average Bonchev–Trinajstić information content (AvgIpc) is 2.03. The summed E-state index contributed by atoms with van der Waals surface area (Å²) in [6, 6.07) is 0. The van der Waals surface area contributed by atoms with Crippen LogP contribution < -0.4 is 0 Å². The Morgan fingerprint density at radius 3 is 3.09 bits per heavy atom. The highest BCUT2D eigenvalue weighted by Gasteiger charge is 2.17. The smallest absolute Gasteiger partial charge is 0.162 e. The molecule has 0 aromatic carbocycles. The van der Waals surface area contributed by atoms with Gasteiger partial charge in [0.15, 0.2) is 5.78 Å². The summed E-state index contributed by atoms with van der Waals surface area (Å²) < 4.78 is 5.23. The topological polar surface area (TPSA) is 26.3 Å². The maximum absolute atomic E-state index is 10.9. The molecular weight excluding hydrogens is 140 g/mol. The molecule has 2 nitrogen and oxygen atoms in total. The second-order valence-corrected chi connectivity index (χ2v) is 2.63. The van der Waals surface area contributed by atoms with Crippen LogP contribution in [0.25, 0.3) is 0 Å². The molecule has 0 aliphatic carbocycles. The summed E-state index contributed by atoms with van der Waals surface area (Å²) in [6.07, 6.45) is 5.37. The van der Waals surface area contributed by atoms with E-state index in [1.165, 1.54) is 12.3 Å². The Hall–Kier alpha value is -1.05. The lowest BCUT2D eigenvalue weighted by atomic mass is 10.0. The maximum atomic E-state index is 10.9. The molecule has 1 atom stereocenters. The highest BCUT2D eigenvalue weighted by molar-refractivity contribution is 5.90. The third-order valence-corrected chi connectivity index (χ3v) is 1.85. The zero-order valence-corrected chi connectivity index (χ0v) is 6.83. The SMILES string of the molecule is C/C=C(\C)C1CC(=O)C=CO1. The number of ether oxygens (including phenoxy) is 1. The summed E-state index contributed by atoms with van der Waals surface area (Å²) in [5, 5.41) is 0. The van der Waals surface area contributed by atoms with Crippen LogP contribution in [0.1, 0.15) is 20.3 Å². The first kappa shape index (κ1) is 8.05. The molecule has 1 aliphatic rings. The van der Waals surface area contributed by atoms with Crippen molar-refractivity contribution < 1.29 is 9.53 Å². The molecule has 1 heterocycles. The van der Waals surface area contributed by atoms with Crippen molar-refractivity contribution in [3.8, 4) is 0 Å². The van der Waals surface area contributed by atoms with E-state index in [4.69, 9.17) is 4.74 Å². The standard InChI is InChI=1S/C9H12O2/c1-3-7(2)9-6-8(10)4-5-11-9/h3-5,9H,6H2,1-2H3/b7-3+. The third kappa shape index (κ3) is 1.93. The van der Waals surface area contributed by atoms with Crippen LogP contribution in [0.5, 0.6) is 0 Å². The van der Waals surface area contributed by atoms with Gasteiger partial charge >= 0.3 is 0 Å². The molecule has 1 rings (SSSR count). The Bertz CT molecular complexity index is 214. The lowest BCUT2D eigenvalue weighted by molar-refractivity contribution is -0.117. The maximum Gasteiger partial charge on any atom is 0.162 e. The largest absolute Gasteiger partial charge is 0.493 e. The van der Waals surface area contributed by atoms with E-state index in [1.807, 2.05) is 19.9 Å². The molecule has 0 bridgehead atoms. The molecule has 1 unspecified atom stereocenters. The predicted molar refractivity (Wildman–Crippen MR) is 43.1 cm³/mol. The molecule has 0 aromatic heterocycles. The fourth-order valence-electron chi connectivity index (χ4n) is 0.963. The van der Waals surface area contributed by atoms with Gasteiger partial charge in [-0.15, -0.1) is 0 Å². The molecule has 0 fully saturated rings. The van der Waals surface area contributed by atoms with Crippen molar-refractivity contribution in [1.82, 2.24) is 0 Å². The van der Waals surface area contributed by atoms with Crippen molar-refractivity contribution in [2.75, 3.05) is 0 Å². The molecule has 0 spiro atoms. The zero-order valence-electron chi connectivity index (χ0n) is 6.83. The van der Waals surface area contributed by atoms with E-state index in [0.29, 0.717) is 6.42 Å². The van der Waals surface area contributed by atoms with Crippen LogP contribution in [-0.2, 0) is 9.53 Å². The van der Waals surface area contributed by atoms with E-state index >= 15 is 0 Å². The highest BCUT2D eigenvalue weighted by Crippen LogP contribution is 2.15. The lowest BCUT2D eigenvalue weighted by Crippen LogP contribution is -2.19. The van der Waals surface area contributed by atoms with Gasteiger partial charge in [-0.25, -0.2) is 0 Å². The number of carbonyl (C=O) groups excluding carboxylic acids is 1. The second kappa shape index (κ2) is 3.37. The van der Waals surface area contributed by atoms with Crippen LogP contribution in [-0.4, -0.2) is 11.9 Å². The van der Waals surface area contributed by atoms with Gasteiger partial charge in [-0.1, -0.05) is 6.08 Å². The molecule has 2 heteroatoms. The number of hydrogen-bond acceptors (Lipinski definition) is 2. The first-order valence-corrected chi connectivity index (χ1v) is 3.71. The van der Waals surface area contributed by atoms with Gasteiger partial charge < -0.3 is 4.74 Å². The highest BCUT2D eigenvalue weighted by atomic mass is 16.5. The van der Waals surface area contributed by atoms with Crippen molar-refractivity contribution in [2.24, 2.45) is 0 Å². The Morgan fingerprint density at radius 2 is 2.55 bits per heavy atom. The number of rotatable bonds is 1. The number of carbonyl (C=O) groups is 1. The van der Waals surface area contributed by atoms with Crippen molar-refractivity contribution in [1.29, 1.82) is 0 Å². The van der Waals surface area contributed by atoms with Gasteiger partial charge in [-0.05, 0) is 19.4 Å². The van der Waals surface area contributed by atoms with Crippen molar-refractivity contribution in [3.05, 3.63) is 24.0 Å². The summed E-state index contributed by atoms with van der Waals surface area (Å²) >= 11 is 0. The lowest BCUT2D eigenvalue weighted by Gasteiger charge is -2.18. The van der Waals surface area contributed by atoms with Gasteiger partial charge in [0.25, 0.3) is 0 Å². The van der Waals surface area contributed by atoms with Crippen LogP contribution in [0.3, 0.4) is 0 Å². The Labute approximate surface area is 66.5 Å². The van der Waals surface area contributed by atoms with Gasteiger partial charge in [0, 0.05) is 6.08 Å². The van der Waals surface area contributed by atoms with Gasteiger partial charge in [0.1, 0.15) is 6.10 Å². The minimum absolute atomic E-state index is 0.0301. The molecule has 0 radical (unpaired) electrons. The summed E-state index contributed by atoms with van der Waals surface area (Å²) in [6.45, 7) is 3.92. The van der Waals surface area contributed by atoms with Crippen LogP contribution in [0, 0.1) is 0 Å². The third-order valence-electron chi connectivity index (χ3n) is 1.85. The van der Waals surface area contributed by atoms with E-state index in [2.05, 4.69) is 0 Å².